The average Bonchev–Trinajstić information content (AvgIpc) is 3.52. The number of carbonyl (C=O) groups is 1. The van der Waals surface area contributed by atoms with Gasteiger partial charge < -0.3 is 4.90 Å². The molecule has 2 heterocycles. The number of aromatic nitrogens is 4. The summed E-state index contributed by atoms with van der Waals surface area (Å²) in [5, 5.41) is 4.72. The first-order chi connectivity index (χ1) is 15.9. The molecule has 4 aromatic rings. The van der Waals surface area contributed by atoms with Crippen LogP contribution in [0.3, 0.4) is 0 Å². The van der Waals surface area contributed by atoms with Gasteiger partial charge in [0, 0.05) is 18.2 Å². The first-order valence-corrected chi connectivity index (χ1v) is 11.0. The minimum Gasteiger partial charge on any atom is -0.334 e. The molecule has 1 saturated carbocycles. The van der Waals surface area contributed by atoms with Gasteiger partial charge in [0.1, 0.15) is 24.1 Å². The molecule has 0 saturated heterocycles. The third-order valence-electron chi connectivity index (χ3n) is 5.92. The van der Waals surface area contributed by atoms with Crippen LogP contribution in [0.5, 0.6) is 0 Å². The molecule has 0 aliphatic heterocycles. The van der Waals surface area contributed by atoms with E-state index in [2.05, 4.69) is 16.1 Å². The Morgan fingerprint density at radius 3 is 2.58 bits per heavy atom. The summed E-state index contributed by atoms with van der Waals surface area (Å²) in [7, 11) is 0. The molecule has 1 aliphatic rings. The number of rotatable bonds is 6. The molecule has 7 nitrogen and oxygen atoms in total. The van der Waals surface area contributed by atoms with Crippen LogP contribution in [0.1, 0.15) is 29.5 Å². The fourth-order valence-electron chi connectivity index (χ4n) is 4.18. The van der Waals surface area contributed by atoms with E-state index in [1.165, 1.54) is 23.2 Å². The Morgan fingerprint density at radius 1 is 1.15 bits per heavy atom. The lowest BCUT2D eigenvalue weighted by molar-refractivity contribution is -0.133. The van der Waals surface area contributed by atoms with Crippen molar-refractivity contribution in [2.24, 2.45) is 0 Å². The van der Waals surface area contributed by atoms with E-state index in [1.807, 2.05) is 26.0 Å². The van der Waals surface area contributed by atoms with Gasteiger partial charge in [0.15, 0.2) is 5.65 Å². The summed E-state index contributed by atoms with van der Waals surface area (Å²) in [6, 6.07) is 12.5. The van der Waals surface area contributed by atoms with Crippen LogP contribution >= 0.6 is 0 Å². The summed E-state index contributed by atoms with van der Waals surface area (Å²) in [6.07, 6.45) is 4.64. The Kier molecular flexibility index (Phi) is 5.28. The van der Waals surface area contributed by atoms with Crippen molar-refractivity contribution in [1.82, 2.24) is 24.2 Å². The zero-order chi connectivity index (χ0) is 23.1. The molecule has 1 amide bonds. The van der Waals surface area contributed by atoms with Crippen LogP contribution in [0.4, 0.5) is 4.39 Å². The average molecular weight is 445 g/mol. The standard InChI is InChI=1S/C25H24FN5O2/c1-16-9-17(2)11-20(10-16)31-24-21(12-28-31)25(33)29(15-27-24)14-23(32)30(19-7-8-19)13-18-5-3-4-6-22(18)26/h3-6,9-12,15,19H,7-8,13-14H2,1-2H3. The van der Waals surface area contributed by atoms with Crippen molar-refractivity contribution in [3.63, 3.8) is 0 Å². The molecule has 0 unspecified atom stereocenters. The van der Waals surface area contributed by atoms with E-state index < -0.39 is 0 Å². The van der Waals surface area contributed by atoms with Gasteiger partial charge in [-0.2, -0.15) is 5.10 Å². The molecule has 0 N–H and O–H groups in total. The summed E-state index contributed by atoms with van der Waals surface area (Å²) in [5.74, 6) is -0.569. The van der Waals surface area contributed by atoms with Gasteiger partial charge >= 0.3 is 0 Å². The maximum absolute atomic E-state index is 14.1. The third-order valence-corrected chi connectivity index (χ3v) is 5.92. The molecule has 33 heavy (non-hydrogen) atoms. The molecule has 0 bridgehead atoms. The van der Waals surface area contributed by atoms with Crippen LogP contribution < -0.4 is 5.56 Å². The number of halogens is 1. The molecule has 1 fully saturated rings. The predicted molar refractivity (Wildman–Crippen MR) is 123 cm³/mol. The van der Waals surface area contributed by atoms with Gasteiger partial charge in [-0.3, -0.25) is 14.2 Å². The van der Waals surface area contributed by atoms with Crippen molar-refractivity contribution < 1.29 is 9.18 Å². The molecule has 8 heteroatoms. The second-order valence-corrected chi connectivity index (χ2v) is 8.66. The predicted octanol–water partition coefficient (Wildman–Crippen LogP) is 3.53. The van der Waals surface area contributed by atoms with Gasteiger partial charge in [0.25, 0.3) is 5.56 Å². The topological polar surface area (TPSA) is 73.0 Å². The molecule has 0 radical (unpaired) electrons. The highest BCUT2D eigenvalue weighted by atomic mass is 19.1. The second kappa shape index (κ2) is 8.27. The summed E-state index contributed by atoms with van der Waals surface area (Å²) < 4.78 is 17.1. The lowest BCUT2D eigenvalue weighted by Gasteiger charge is -2.23. The molecule has 2 aromatic carbocycles. The van der Waals surface area contributed by atoms with Gasteiger partial charge in [-0.25, -0.2) is 14.1 Å². The second-order valence-electron chi connectivity index (χ2n) is 8.66. The molecule has 168 valence electrons. The Balaban J connectivity index is 1.43. The molecule has 0 spiro atoms. The van der Waals surface area contributed by atoms with E-state index in [1.54, 1.807) is 27.8 Å². The third kappa shape index (κ3) is 4.16. The maximum atomic E-state index is 14.1. The lowest BCUT2D eigenvalue weighted by Crippen LogP contribution is -2.37. The van der Waals surface area contributed by atoms with Gasteiger partial charge in [0.05, 0.1) is 11.9 Å². The number of nitrogens with zero attached hydrogens (tertiary/aromatic N) is 5. The monoisotopic (exact) mass is 445 g/mol. The minimum absolute atomic E-state index is 0.0804. The molecular weight excluding hydrogens is 421 g/mol. The molecular formula is C25H24FN5O2. The van der Waals surface area contributed by atoms with Crippen LogP contribution in [0.15, 0.2) is 59.8 Å². The number of carbonyl (C=O) groups excluding carboxylic acids is 1. The van der Waals surface area contributed by atoms with E-state index >= 15 is 0 Å². The highest BCUT2D eigenvalue weighted by Gasteiger charge is 2.33. The van der Waals surface area contributed by atoms with E-state index in [0.717, 1.165) is 29.7 Å². The van der Waals surface area contributed by atoms with Crippen LogP contribution in [0.2, 0.25) is 0 Å². The zero-order valence-electron chi connectivity index (χ0n) is 18.5. The van der Waals surface area contributed by atoms with Crippen molar-refractivity contribution in [3.05, 3.63) is 87.9 Å². The number of fused-ring (bicyclic) bond motifs is 1. The van der Waals surface area contributed by atoms with Crippen molar-refractivity contribution >= 4 is 16.9 Å². The van der Waals surface area contributed by atoms with Crippen molar-refractivity contribution in [2.45, 2.75) is 45.8 Å². The van der Waals surface area contributed by atoms with Crippen molar-refractivity contribution in [3.8, 4) is 5.69 Å². The normalized spacial score (nSPS) is 13.4. The van der Waals surface area contributed by atoms with E-state index in [9.17, 15) is 14.0 Å². The van der Waals surface area contributed by atoms with Gasteiger partial charge in [-0.15, -0.1) is 0 Å². The minimum atomic E-state index is -0.338. The smallest absolute Gasteiger partial charge is 0.264 e. The number of amides is 1. The Hall–Kier alpha value is -3.81. The first kappa shape index (κ1) is 21.1. The Bertz CT molecular complexity index is 1400. The number of aryl methyl sites for hydroxylation is 2. The van der Waals surface area contributed by atoms with E-state index in [-0.39, 0.29) is 36.4 Å². The number of hydrogen-bond acceptors (Lipinski definition) is 4. The van der Waals surface area contributed by atoms with Crippen molar-refractivity contribution in [2.75, 3.05) is 0 Å². The fraction of sp³-hybridized carbons (Fsp3) is 0.280. The largest absolute Gasteiger partial charge is 0.334 e. The summed E-state index contributed by atoms with van der Waals surface area (Å²) in [4.78, 5) is 32.3. The van der Waals surface area contributed by atoms with Gasteiger partial charge in [-0.1, -0.05) is 24.3 Å². The zero-order valence-corrected chi connectivity index (χ0v) is 18.5. The van der Waals surface area contributed by atoms with Gasteiger partial charge in [-0.05, 0) is 56.0 Å². The van der Waals surface area contributed by atoms with Crippen LogP contribution in [0.25, 0.3) is 16.7 Å². The fourth-order valence-corrected chi connectivity index (χ4v) is 4.18. The quantitative estimate of drug-likeness (QED) is 0.455. The summed E-state index contributed by atoms with van der Waals surface area (Å²) in [5.41, 5.74) is 3.58. The Labute approximate surface area is 190 Å². The summed E-state index contributed by atoms with van der Waals surface area (Å²) >= 11 is 0. The van der Waals surface area contributed by atoms with Crippen LogP contribution in [0, 0.1) is 19.7 Å². The Morgan fingerprint density at radius 2 is 1.88 bits per heavy atom. The van der Waals surface area contributed by atoms with Gasteiger partial charge in [0.2, 0.25) is 5.91 Å². The highest BCUT2D eigenvalue weighted by molar-refractivity contribution is 5.78. The summed E-state index contributed by atoms with van der Waals surface area (Å²) in [6.45, 7) is 4.04. The van der Waals surface area contributed by atoms with Crippen LogP contribution in [-0.2, 0) is 17.9 Å². The first-order valence-electron chi connectivity index (χ1n) is 11.0. The highest BCUT2D eigenvalue weighted by Crippen LogP contribution is 2.29. The van der Waals surface area contributed by atoms with Crippen molar-refractivity contribution in [1.29, 1.82) is 0 Å². The van der Waals surface area contributed by atoms with E-state index in [0.29, 0.717) is 16.6 Å². The molecule has 0 atom stereocenters. The SMILES string of the molecule is Cc1cc(C)cc(-n2ncc3c(=O)n(CC(=O)N(Cc4ccccc4F)C4CC4)cnc32)c1. The maximum Gasteiger partial charge on any atom is 0.264 e. The molecule has 1 aliphatic carbocycles. The van der Waals surface area contributed by atoms with E-state index in [4.69, 9.17) is 0 Å². The van der Waals surface area contributed by atoms with Crippen LogP contribution in [-0.4, -0.2) is 36.2 Å². The molecule has 2 aromatic heterocycles. The number of benzene rings is 2. The lowest BCUT2D eigenvalue weighted by atomic mass is 10.1. The molecule has 5 rings (SSSR count). The number of hydrogen-bond donors (Lipinski definition) is 0.